The smallest absolute Gasteiger partial charge is 0.284 e. The molecule has 5 heteroatoms. The van der Waals surface area contributed by atoms with Gasteiger partial charge in [0.1, 0.15) is 5.82 Å². The number of nitrogens with two attached hydrogens (primary N) is 1. The SMILES string of the molecule is CCCn1ccc(C)c2c(=O)nc(N)nc1-2. The van der Waals surface area contributed by atoms with Gasteiger partial charge in [0, 0.05) is 12.7 Å². The summed E-state index contributed by atoms with van der Waals surface area (Å²) in [6, 6.07) is 1.90. The van der Waals surface area contributed by atoms with Gasteiger partial charge in [-0.1, -0.05) is 6.92 Å². The molecule has 0 aromatic heterocycles. The fraction of sp³-hybridized carbons (Fsp3) is 0.364. The molecule has 0 saturated carbocycles. The van der Waals surface area contributed by atoms with E-state index in [1.54, 1.807) is 0 Å². The van der Waals surface area contributed by atoms with Crippen LogP contribution in [0.15, 0.2) is 17.1 Å². The molecule has 0 bridgehead atoms. The second kappa shape index (κ2) is 3.92. The van der Waals surface area contributed by atoms with Crippen LogP contribution in [0.1, 0.15) is 18.9 Å². The Hall–Kier alpha value is -1.91. The molecule has 2 N–H and O–H groups in total. The van der Waals surface area contributed by atoms with Crippen LogP contribution in [0.4, 0.5) is 5.95 Å². The number of rotatable bonds is 2. The lowest BCUT2D eigenvalue weighted by Gasteiger charge is -2.14. The molecule has 0 saturated heterocycles. The highest BCUT2D eigenvalue weighted by Crippen LogP contribution is 2.19. The highest BCUT2D eigenvalue weighted by Gasteiger charge is 2.15. The molecule has 16 heavy (non-hydrogen) atoms. The summed E-state index contributed by atoms with van der Waals surface area (Å²) in [5.41, 5.74) is 6.65. The number of anilines is 1. The predicted octanol–water partition coefficient (Wildman–Crippen LogP) is 1.04. The van der Waals surface area contributed by atoms with E-state index in [9.17, 15) is 4.79 Å². The Kier molecular flexibility index (Phi) is 2.60. The Bertz CT molecular complexity index is 547. The van der Waals surface area contributed by atoms with Gasteiger partial charge in [-0.2, -0.15) is 9.97 Å². The largest absolute Gasteiger partial charge is 0.368 e. The molecule has 0 radical (unpaired) electrons. The molecule has 2 heterocycles. The molecule has 0 atom stereocenters. The van der Waals surface area contributed by atoms with Crippen LogP contribution in [-0.2, 0) is 6.54 Å². The van der Waals surface area contributed by atoms with Crippen LogP contribution in [0.25, 0.3) is 11.4 Å². The van der Waals surface area contributed by atoms with Gasteiger partial charge in [-0.05, 0) is 25.0 Å². The van der Waals surface area contributed by atoms with Crippen molar-refractivity contribution in [3.63, 3.8) is 0 Å². The van der Waals surface area contributed by atoms with E-state index in [4.69, 9.17) is 5.73 Å². The van der Waals surface area contributed by atoms with Gasteiger partial charge in [0.05, 0.1) is 5.56 Å². The molecule has 0 aromatic carbocycles. The first-order valence-electron chi connectivity index (χ1n) is 5.26. The van der Waals surface area contributed by atoms with Gasteiger partial charge in [0.25, 0.3) is 5.56 Å². The van der Waals surface area contributed by atoms with Crippen LogP contribution in [0.5, 0.6) is 0 Å². The standard InChI is InChI=1S/C11H14N4O/c1-3-5-15-6-4-7(2)8-9(15)13-11(12)14-10(8)16/h4,6H,3,5H2,1-2H3,(H2,12,14,16). The summed E-state index contributed by atoms with van der Waals surface area (Å²) in [6.07, 6.45) is 2.90. The first-order valence-corrected chi connectivity index (χ1v) is 5.26. The Morgan fingerprint density at radius 2 is 2.19 bits per heavy atom. The van der Waals surface area contributed by atoms with Crippen LogP contribution in [0.3, 0.4) is 0 Å². The van der Waals surface area contributed by atoms with Gasteiger partial charge >= 0.3 is 0 Å². The lowest BCUT2D eigenvalue weighted by Crippen LogP contribution is -2.20. The van der Waals surface area contributed by atoms with Crippen LogP contribution in [-0.4, -0.2) is 14.5 Å². The van der Waals surface area contributed by atoms with Crippen molar-refractivity contribution in [3.05, 3.63) is 28.2 Å². The average Bonchev–Trinajstić information content (AvgIpc) is 2.21. The van der Waals surface area contributed by atoms with Gasteiger partial charge in [0.15, 0.2) is 0 Å². The number of aromatic nitrogens is 3. The Morgan fingerprint density at radius 1 is 1.44 bits per heavy atom. The third kappa shape index (κ3) is 1.64. The number of fused-ring (bicyclic) bond motifs is 1. The molecule has 84 valence electrons. The van der Waals surface area contributed by atoms with E-state index < -0.39 is 0 Å². The Balaban J connectivity index is 2.78. The lowest BCUT2D eigenvalue weighted by atomic mass is 10.1. The quantitative estimate of drug-likeness (QED) is 0.817. The van der Waals surface area contributed by atoms with Crippen LogP contribution >= 0.6 is 0 Å². The highest BCUT2D eigenvalue weighted by atomic mass is 16.1. The molecule has 2 aliphatic rings. The second-order valence-corrected chi connectivity index (χ2v) is 3.78. The monoisotopic (exact) mass is 218 g/mol. The molecule has 0 unspecified atom stereocenters. The van der Waals surface area contributed by atoms with E-state index in [1.807, 2.05) is 23.8 Å². The van der Waals surface area contributed by atoms with E-state index in [2.05, 4.69) is 16.9 Å². The summed E-state index contributed by atoms with van der Waals surface area (Å²) in [4.78, 5) is 19.5. The Labute approximate surface area is 93.3 Å². The van der Waals surface area contributed by atoms with E-state index in [0.717, 1.165) is 18.5 Å². The molecule has 0 spiro atoms. The zero-order valence-electron chi connectivity index (χ0n) is 9.40. The minimum absolute atomic E-state index is 0.0351. The molecule has 0 aromatic rings. The van der Waals surface area contributed by atoms with Gasteiger partial charge < -0.3 is 10.3 Å². The van der Waals surface area contributed by atoms with Crippen molar-refractivity contribution < 1.29 is 0 Å². The third-order valence-corrected chi connectivity index (χ3v) is 2.51. The zero-order chi connectivity index (χ0) is 11.7. The van der Waals surface area contributed by atoms with Crippen molar-refractivity contribution in [1.82, 2.24) is 14.5 Å². The summed E-state index contributed by atoms with van der Waals surface area (Å²) < 4.78 is 1.93. The van der Waals surface area contributed by atoms with Crippen molar-refractivity contribution in [1.29, 1.82) is 0 Å². The normalized spacial score (nSPS) is 10.9. The molecular formula is C11H14N4O. The van der Waals surface area contributed by atoms with Crippen molar-refractivity contribution in [2.75, 3.05) is 5.73 Å². The summed E-state index contributed by atoms with van der Waals surface area (Å²) in [7, 11) is 0. The van der Waals surface area contributed by atoms with Crippen molar-refractivity contribution in [3.8, 4) is 11.4 Å². The summed E-state index contributed by atoms with van der Waals surface area (Å²) in [6.45, 7) is 4.76. The van der Waals surface area contributed by atoms with Gasteiger partial charge in [-0.25, -0.2) is 0 Å². The summed E-state index contributed by atoms with van der Waals surface area (Å²) in [5.74, 6) is 0.660. The minimum Gasteiger partial charge on any atom is -0.368 e. The van der Waals surface area contributed by atoms with Gasteiger partial charge in [0.2, 0.25) is 5.95 Å². The molecule has 2 aliphatic heterocycles. The first-order chi connectivity index (χ1) is 7.63. The second-order valence-electron chi connectivity index (χ2n) is 3.78. The van der Waals surface area contributed by atoms with Crippen LogP contribution in [0.2, 0.25) is 0 Å². The highest BCUT2D eigenvalue weighted by molar-refractivity contribution is 5.61. The van der Waals surface area contributed by atoms with Crippen LogP contribution in [0, 0.1) is 6.92 Å². The lowest BCUT2D eigenvalue weighted by molar-refractivity contribution is 0.668. The molecule has 2 rings (SSSR count). The van der Waals surface area contributed by atoms with E-state index >= 15 is 0 Å². The van der Waals surface area contributed by atoms with E-state index in [0.29, 0.717) is 11.4 Å². The molecule has 0 aliphatic carbocycles. The van der Waals surface area contributed by atoms with Gasteiger partial charge in [-0.15, -0.1) is 0 Å². The molecule has 0 fully saturated rings. The van der Waals surface area contributed by atoms with E-state index in [1.165, 1.54) is 0 Å². The number of hydrogen-bond acceptors (Lipinski definition) is 4. The Morgan fingerprint density at radius 3 is 2.88 bits per heavy atom. The maximum Gasteiger partial charge on any atom is 0.284 e. The summed E-state index contributed by atoms with van der Waals surface area (Å²) >= 11 is 0. The number of nitrogens with zero attached hydrogens (tertiary/aromatic N) is 3. The number of pyridine rings is 1. The maximum absolute atomic E-state index is 11.7. The molecular weight excluding hydrogens is 204 g/mol. The van der Waals surface area contributed by atoms with Gasteiger partial charge in [-0.3, -0.25) is 4.79 Å². The van der Waals surface area contributed by atoms with E-state index in [-0.39, 0.29) is 11.5 Å². The van der Waals surface area contributed by atoms with Crippen molar-refractivity contribution >= 4 is 5.95 Å². The maximum atomic E-state index is 11.7. The number of hydrogen-bond donors (Lipinski definition) is 1. The number of nitrogen functional groups attached to an aromatic ring is 1. The minimum atomic E-state index is -0.301. The predicted molar refractivity (Wildman–Crippen MR) is 62.4 cm³/mol. The average molecular weight is 218 g/mol. The third-order valence-electron chi connectivity index (χ3n) is 2.51. The topological polar surface area (TPSA) is 73.8 Å². The molecule has 5 nitrogen and oxygen atoms in total. The van der Waals surface area contributed by atoms with Crippen molar-refractivity contribution in [2.24, 2.45) is 0 Å². The fourth-order valence-electron chi connectivity index (χ4n) is 1.77. The van der Waals surface area contributed by atoms with Crippen LogP contribution < -0.4 is 11.3 Å². The number of aryl methyl sites for hydroxylation is 2. The fourth-order valence-corrected chi connectivity index (χ4v) is 1.77. The molecule has 0 amide bonds. The van der Waals surface area contributed by atoms with Crippen molar-refractivity contribution in [2.45, 2.75) is 26.8 Å². The first kappa shape index (κ1) is 10.6. The zero-order valence-corrected chi connectivity index (χ0v) is 9.40. The summed E-state index contributed by atoms with van der Waals surface area (Å²) in [5, 5.41) is 0.